The lowest BCUT2D eigenvalue weighted by atomic mass is 9.96. The van der Waals surface area contributed by atoms with Gasteiger partial charge in [-0.3, -0.25) is 9.88 Å². The third-order valence-electron chi connectivity index (χ3n) is 3.73. The second-order valence-electron chi connectivity index (χ2n) is 5.13. The average molecular weight is 232 g/mol. The number of hydrogen-bond donors (Lipinski definition) is 0. The van der Waals surface area contributed by atoms with E-state index in [1.807, 2.05) is 0 Å². The van der Waals surface area contributed by atoms with Crippen LogP contribution in [-0.4, -0.2) is 23.0 Å². The van der Waals surface area contributed by atoms with Crippen molar-refractivity contribution in [2.45, 2.75) is 52.0 Å². The van der Waals surface area contributed by atoms with E-state index in [0.29, 0.717) is 6.04 Å². The molecule has 1 saturated heterocycles. The fraction of sp³-hybridized carbons (Fsp3) is 0.667. The van der Waals surface area contributed by atoms with Gasteiger partial charge in [-0.05, 0) is 50.9 Å². The van der Waals surface area contributed by atoms with Gasteiger partial charge in [-0.1, -0.05) is 25.8 Å². The zero-order valence-corrected chi connectivity index (χ0v) is 11.2. The minimum atomic E-state index is 0.614. The maximum atomic E-state index is 4.44. The van der Waals surface area contributed by atoms with Crippen LogP contribution in [0.1, 0.15) is 56.3 Å². The molecule has 0 spiro atoms. The van der Waals surface area contributed by atoms with Crippen LogP contribution < -0.4 is 0 Å². The zero-order chi connectivity index (χ0) is 12.1. The summed E-state index contributed by atoms with van der Waals surface area (Å²) < 4.78 is 0. The van der Waals surface area contributed by atoms with Crippen LogP contribution in [0.5, 0.6) is 0 Å². The van der Waals surface area contributed by atoms with Gasteiger partial charge in [-0.2, -0.15) is 0 Å². The number of nitrogens with zero attached hydrogens (tertiary/aromatic N) is 2. The summed E-state index contributed by atoms with van der Waals surface area (Å²) in [4.78, 5) is 7.09. The second kappa shape index (κ2) is 6.15. The van der Waals surface area contributed by atoms with E-state index in [-0.39, 0.29) is 0 Å². The van der Waals surface area contributed by atoms with E-state index in [0.717, 1.165) is 5.69 Å². The number of aryl methyl sites for hydroxylation is 1. The Kier molecular flexibility index (Phi) is 4.55. The van der Waals surface area contributed by atoms with E-state index in [1.165, 1.54) is 50.8 Å². The molecule has 1 aromatic rings. The molecular formula is C15H24N2. The van der Waals surface area contributed by atoms with E-state index in [1.54, 1.807) is 0 Å². The minimum Gasteiger partial charge on any atom is -0.296 e. The second-order valence-corrected chi connectivity index (χ2v) is 5.13. The fourth-order valence-electron chi connectivity index (χ4n) is 2.67. The molecule has 0 N–H and O–H groups in total. The van der Waals surface area contributed by atoms with Crippen LogP contribution in [0.3, 0.4) is 0 Å². The highest BCUT2D eigenvalue weighted by atomic mass is 15.2. The molecule has 2 heterocycles. The summed E-state index contributed by atoms with van der Waals surface area (Å²) in [7, 11) is 0. The van der Waals surface area contributed by atoms with Gasteiger partial charge in [0.05, 0.1) is 0 Å². The van der Waals surface area contributed by atoms with E-state index >= 15 is 0 Å². The van der Waals surface area contributed by atoms with E-state index in [4.69, 9.17) is 0 Å². The van der Waals surface area contributed by atoms with Crippen LogP contribution in [0.2, 0.25) is 0 Å². The zero-order valence-electron chi connectivity index (χ0n) is 11.2. The summed E-state index contributed by atoms with van der Waals surface area (Å²) in [5.41, 5.74) is 2.52. The standard InChI is InChI=1S/C15H24N2/c1-3-4-10-17-11-6-5-7-15(17)14-9-8-13(2)16-12-14/h8-9,12,15H,3-7,10-11H2,1-2H3/t15-/m0/s1. The van der Waals surface area contributed by atoms with Gasteiger partial charge >= 0.3 is 0 Å². The molecule has 1 aliphatic heterocycles. The summed E-state index contributed by atoms with van der Waals surface area (Å²) in [6.45, 7) is 6.83. The highest BCUT2D eigenvalue weighted by molar-refractivity contribution is 5.17. The molecule has 0 amide bonds. The van der Waals surface area contributed by atoms with Gasteiger partial charge in [-0.25, -0.2) is 0 Å². The molecule has 1 aromatic heterocycles. The Balaban J connectivity index is 2.07. The number of unbranched alkanes of at least 4 members (excludes halogenated alkanes) is 1. The summed E-state index contributed by atoms with van der Waals surface area (Å²) >= 11 is 0. The van der Waals surface area contributed by atoms with Gasteiger partial charge in [0.25, 0.3) is 0 Å². The van der Waals surface area contributed by atoms with Crippen LogP contribution >= 0.6 is 0 Å². The molecule has 0 aliphatic carbocycles. The summed E-state index contributed by atoms with van der Waals surface area (Å²) in [6, 6.07) is 5.02. The number of likely N-dealkylation sites (tertiary alicyclic amines) is 1. The molecule has 17 heavy (non-hydrogen) atoms. The number of piperidine rings is 1. The highest BCUT2D eigenvalue weighted by Gasteiger charge is 2.23. The topological polar surface area (TPSA) is 16.1 Å². The largest absolute Gasteiger partial charge is 0.296 e. The minimum absolute atomic E-state index is 0.614. The average Bonchev–Trinajstić information content (AvgIpc) is 2.38. The van der Waals surface area contributed by atoms with Crippen LogP contribution in [0, 0.1) is 6.92 Å². The van der Waals surface area contributed by atoms with Crippen molar-refractivity contribution in [1.29, 1.82) is 0 Å². The lowest BCUT2D eigenvalue weighted by Crippen LogP contribution is -2.34. The summed E-state index contributed by atoms with van der Waals surface area (Å²) in [6.07, 6.45) is 8.70. The van der Waals surface area contributed by atoms with E-state index < -0.39 is 0 Å². The first-order chi connectivity index (χ1) is 8.31. The molecule has 0 bridgehead atoms. The summed E-state index contributed by atoms with van der Waals surface area (Å²) in [5.74, 6) is 0. The first-order valence-electron chi connectivity index (χ1n) is 6.98. The predicted molar refractivity (Wildman–Crippen MR) is 72.0 cm³/mol. The maximum absolute atomic E-state index is 4.44. The van der Waals surface area contributed by atoms with Gasteiger partial charge in [0.15, 0.2) is 0 Å². The van der Waals surface area contributed by atoms with Gasteiger partial charge in [-0.15, -0.1) is 0 Å². The number of pyridine rings is 1. The van der Waals surface area contributed by atoms with Crippen molar-refractivity contribution in [2.24, 2.45) is 0 Å². The molecule has 94 valence electrons. The van der Waals surface area contributed by atoms with Gasteiger partial charge in [0.1, 0.15) is 0 Å². The van der Waals surface area contributed by atoms with Crippen LogP contribution in [0.4, 0.5) is 0 Å². The lowest BCUT2D eigenvalue weighted by molar-refractivity contribution is 0.146. The van der Waals surface area contributed by atoms with Crippen LogP contribution in [0.25, 0.3) is 0 Å². The molecule has 2 rings (SSSR count). The Morgan fingerprint density at radius 2 is 2.24 bits per heavy atom. The maximum Gasteiger partial charge on any atom is 0.0372 e. The van der Waals surface area contributed by atoms with Gasteiger partial charge in [0, 0.05) is 17.9 Å². The predicted octanol–water partition coefficient (Wildman–Crippen LogP) is 3.72. The molecular weight excluding hydrogens is 208 g/mol. The van der Waals surface area contributed by atoms with Crippen molar-refractivity contribution in [1.82, 2.24) is 9.88 Å². The van der Waals surface area contributed by atoms with Gasteiger partial charge in [0.2, 0.25) is 0 Å². The number of aromatic nitrogens is 1. The molecule has 2 heteroatoms. The Labute approximate surface area is 105 Å². The first kappa shape index (κ1) is 12.6. The quantitative estimate of drug-likeness (QED) is 0.786. The molecule has 2 nitrogen and oxygen atoms in total. The normalized spacial score (nSPS) is 21.6. The molecule has 1 atom stereocenters. The van der Waals surface area contributed by atoms with Crippen molar-refractivity contribution in [3.8, 4) is 0 Å². The Morgan fingerprint density at radius 1 is 1.35 bits per heavy atom. The smallest absolute Gasteiger partial charge is 0.0372 e. The van der Waals surface area contributed by atoms with Crippen molar-refractivity contribution in [3.05, 3.63) is 29.6 Å². The summed E-state index contributed by atoms with van der Waals surface area (Å²) in [5, 5.41) is 0. The Morgan fingerprint density at radius 3 is 2.94 bits per heavy atom. The van der Waals surface area contributed by atoms with Crippen LogP contribution in [0.15, 0.2) is 18.3 Å². The SMILES string of the molecule is CCCCN1CCCC[C@H]1c1ccc(C)nc1. The Hall–Kier alpha value is -0.890. The van der Waals surface area contributed by atoms with E-state index in [2.05, 4.69) is 42.1 Å². The monoisotopic (exact) mass is 232 g/mol. The van der Waals surface area contributed by atoms with Crippen LogP contribution in [-0.2, 0) is 0 Å². The molecule has 0 unspecified atom stereocenters. The number of hydrogen-bond acceptors (Lipinski definition) is 2. The molecule has 1 aliphatic rings. The molecule has 0 radical (unpaired) electrons. The highest BCUT2D eigenvalue weighted by Crippen LogP contribution is 2.30. The lowest BCUT2D eigenvalue weighted by Gasteiger charge is -2.35. The molecule has 0 aromatic carbocycles. The van der Waals surface area contributed by atoms with Crippen molar-refractivity contribution in [3.63, 3.8) is 0 Å². The third kappa shape index (κ3) is 3.29. The van der Waals surface area contributed by atoms with Gasteiger partial charge < -0.3 is 0 Å². The van der Waals surface area contributed by atoms with Crippen molar-refractivity contribution in [2.75, 3.05) is 13.1 Å². The van der Waals surface area contributed by atoms with E-state index in [9.17, 15) is 0 Å². The number of rotatable bonds is 4. The molecule has 0 saturated carbocycles. The third-order valence-corrected chi connectivity index (χ3v) is 3.73. The molecule has 1 fully saturated rings. The van der Waals surface area contributed by atoms with Crippen molar-refractivity contribution >= 4 is 0 Å². The van der Waals surface area contributed by atoms with Crippen molar-refractivity contribution < 1.29 is 0 Å². The first-order valence-corrected chi connectivity index (χ1v) is 6.98. The Bertz CT molecular complexity index is 331. The fourth-order valence-corrected chi connectivity index (χ4v) is 2.67.